The quantitative estimate of drug-likeness (QED) is 0.718. The number of carbonyl (C=O) groups excluding carboxylic acids is 2. The number of rotatable bonds is 5. The number of ether oxygens (including phenoxy) is 1. The standard InChI is InChI=1S/C20H27NO5S/c1-14-6-5-9-18(15(14)2)20(23)26-12-19(22)21(16-7-3-4-8-16)17-10-11-27(24,25)13-17/h5-6,9,16-17H,3-4,7-8,10-13H2,1-2H3/t17-/m0/s1. The van der Waals surface area contributed by atoms with Crippen molar-refractivity contribution in [3.05, 3.63) is 34.9 Å². The fourth-order valence-electron chi connectivity index (χ4n) is 4.13. The molecule has 148 valence electrons. The van der Waals surface area contributed by atoms with Gasteiger partial charge >= 0.3 is 5.97 Å². The molecule has 1 amide bonds. The molecule has 1 saturated heterocycles. The van der Waals surface area contributed by atoms with Gasteiger partial charge in [0, 0.05) is 12.1 Å². The van der Waals surface area contributed by atoms with E-state index in [1.165, 1.54) is 0 Å². The van der Waals surface area contributed by atoms with E-state index in [-0.39, 0.29) is 36.1 Å². The van der Waals surface area contributed by atoms with E-state index < -0.39 is 15.8 Å². The van der Waals surface area contributed by atoms with E-state index in [1.54, 1.807) is 17.0 Å². The fraction of sp³-hybridized carbons (Fsp3) is 0.600. The molecule has 27 heavy (non-hydrogen) atoms. The highest BCUT2D eigenvalue weighted by atomic mass is 32.2. The summed E-state index contributed by atoms with van der Waals surface area (Å²) in [5.41, 5.74) is 2.28. The number of carbonyl (C=O) groups is 2. The first-order valence-electron chi connectivity index (χ1n) is 9.53. The monoisotopic (exact) mass is 393 g/mol. The molecule has 1 saturated carbocycles. The fourth-order valence-corrected chi connectivity index (χ4v) is 5.85. The van der Waals surface area contributed by atoms with Crippen LogP contribution in [-0.2, 0) is 19.4 Å². The van der Waals surface area contributed by atoms with Crippen LogP contribution in [0.15, 0.2) is 18.2 Å². The topological polar surface area (TPSA) is 80.8 Å². The van der Waals surface area contributed by atoms with Gasteiger partial charge in [0.25, 0.3) is 5.91 Å². The Hall–Kier alpha value is -1.89. The van der Waals surface area contributed by atoms with Gasteiger partial charge in [-0.2, -0.15) is 0 Å². The van der Waals surface area contributed by atoms with Crippen molar-refractivity contribution in [3.63, 3.8) is 0 Å². The van der Waals surface area contributed by atoms with E-state index in [9.17, 15) is 18.0 Å². The average molecular weight is 394 g/mol. The second-order valence-corrected chi connectivity index (χ2v) is 9.85. The highest BCUT2D eigenvalue weighted by Gasteiger charge is 2.39. The zero-order valence-electron chi connectivity index (χ0n) is 15.9. The predicted molar refractivity (Wildman–Crippen MR) is 102 cm³/mol. The van der Waals surface area contributed by atoms with Crippen molar-refractivity contribution in [1.82, 2.24) is 4.90 Å². The number of benzene rings is 1. The van der Waals surface area contributed by atoms with Crippen LogP contribution in [0, 0.1) is 13.8 Å². The molecule has 6 nitrogen and oxygen atoms in total. The first kappa shape index (κ1) is 19.9. The number of amides is 1. The highest BCUT2D eigenvalue weighted by molar-refractivity contribution is 7.91. The molecule has 1 aliphatic carbocycles. The number of sulfone groups is 1. The minimum absolute atomic E-state index is 0.0141. The Morgan fingerprint density at radius 2 is 1.81 bits per heavy atom. The third-order valence-corrected chi connectivity index (χ3v) is 7.51. The van der Waals surface area contributed by atoms with Crippen LogP contribution < -0.4 is 0 Å². The summed E-state index contributed by atoms with van der Waals surface area (Å²) in [6.45, 7) is 3.42. The van der Waals surface area contributed by atoms with Crippen molar-refractivity contribution in [1.29, 1.82) is 0 Å². The minimum Gasteiger partial charge on any atom is -0.452 e. The van der Waals surface area contributed by atoms with Crippen LogP contribution in [0.4, 0.5) is 0 Å². The molecule has 0 unspecified atom stereocenters. The molecule has 0 aromatic heterocycles. The van der Waals surface area contributed by atoms with Crippen molar-refractivity contribution < 1.29 is 22.7 Å². The number of esters is 1. The van der Waals surface area contributed by atoms with Gasteiger partial charge in [0.2, 0.25) is 0 Å². The maximum absolute atomic E-state index is 12.9. The third-order valence-electron chi connectivity index (χ3n) is 5.76. The molecule has 7 heteroatoms. The molecule has 0 N–H and O–H groups in total. The molecule has 2 aliphatic rings. The van der Waals surface area contributed by atoms with Gasteiger partial charge < -0.3 is 9.64 Å². The summed E-state index contributed by atoms with van der Waals surface area (Å²) < 4.78 is 29.1. The summed E-state index contributed by atoms with van der Waals surface area (Å²) in [5, 5.41) is 0. The Kier molecular flexibility index (Phi) is 5.89. The van der Waals surface area contributed by atoms with Gasteiger partial charge in [-0.15, -0.1) is 0 Å². The Labute approximate surface area is 160 Å². The van der Waals surface area contributed by atoms with Crippen molar-refractivity contribution in [3.8, 4) is 0 Å². The lowest BCUT2D eigenvalue weighted by atomic mass is 10.0. The van der Waals surface area contributed by atoms with Gasteiger partial charge in [-0.1, -0.05) is 25.0 Å². The molecular formula is C20H27NO5S. The van der Waals surface area contributed by atoms with Crippen LogP contribution in [0.3, 0.4) is 0 Å². The molecule has 1 aromatic carbocycles. The van der Waals surface area contributed by atoms with Crippen molar-refractivity contribution >= 4 is 21.7 Å². The molecule has 1 atom stereocenters. The third kappa shape index (κ3) is 4.51. The molecule has 1 aromatic rings. The van der Waals surface area contributed by atoms with Gasteiger partial charge in [0.1, 0.15) is 0 Å². The van der Waals surface area contributed by atoms with Crippen molar-refractivity contribution in [2.45, 2.75) is 58.0 Å². The Bertz CT molecular complexity index is 827. The lowest BCUT2D eigenvalue weighted by Gasteiger charge is -2.33. The largest absolute Gasteiger partial charge is 0.452 e. The van der Waals surface area contributed by atoms with Gasteiger partial charge in [0.15, 0.2) is 16.4 Å². The van der Waals surface area contributed by atoms with E-state index in [2.05, 4.69) is 0 Å². The zero-order chi connectivity index (χ0) is 19.6. The summed E-state index contributed by atoms with van der Waals surface area (Å²) in [6.07, 6.45) is 4.31. The normalized spacial score (nSPS) is 21.9. The molecule has 3 rings (SSSR count). The summed E-state index contributed by atoms with van der Waals surface area (Å²) in [7, 11) is -3.09. The van der Waals surface area contributed by atoms with Crippen LogP contribution >= 0.6 is 0 Å². The van der Waals surface area contributed by atoms with Gasteiger partial charge in [-0.05, 0) is 50.3 Å². The van der Waals surface area contributed by atoms with E-state index in [0.29, 0.717) is 12.0 Å². The summed E-state index contributed by atoms with van der Waals surface area (Å²) in [4.78, 5) is 27.0. The smallest absolute Gasteiger partial charge is 0.338 e. The van der Waals surface area contributed by atoms with Gasteiger partial charge in [0.05, 0.1) is 17.1 Å². The maximum Gasteiger partial charge on any atom is 0.338 e. The lowest BCUT2D eigenvalue weighted by Crippen LogP contribution is -2.48. The first-order chi connectivity index (χ1) is 12.8. The summed E-state index contributed by atoms with van der Waals surface area (Å²) in [5.74, 6) is -0.672. The van der Waals surface area contributed by atoms with E-state index in [1.807, 2.05) is 19.9 Å². The van der Waals surface area contributed by atoms with Gasteiger partial charge in [-0.25, -0.2) is 13.2 Å². The lowest BCUT2D eigenvalue weighted by molar-refractivity contribution is -0.139. The molecular weight excluding hydrogens is 366 g/mol. The predicted octanol–water partition coefficient (Wildman–Crippen LogP) is 2.42. The van der Waals surface area contributed by atoms with Crippen LogP contribution in [0.1, 0.15) is 53.6 Å². The zero-order valence-corrected chi connectivity index (χ0v) is 16.8. The second-order valence-electron chi connectivity index (χ2n) is 7.62. The number of hydrogen-bond acceptors (Lipinski definition) is 5. The van der Waals surface area contributed by atoms with Gasteiger partial charge in [-0.3, -0.25) is 4.79 Å². The van der Waals surface area contributed by atoms with Crippen LogP contribution in [0.5, 0.6) is 0 Å². The molecule has 0 bridgehead atoms. The SMILES string of the molecule is Cc1cccc(C(=O)OCC(=O)N(C2CCCC2)[C@H]2CCS(=O)(=O)C2)c1C. The molecule has 0 radical (unpaired) electrons. The summed E-state index contributed by atoms with van der Waals surface area (Å²) >= 11 is 0. The molecule has 1 aliphatic heterocycles. The summed E-state index contributed by atoms with van der Waals surface area (Å²) in [6, 6.07) is 5.14. The van der Waals surface area contributed by atoms with E-state index in [4.69, 9.17) is 4.74 Å². The Morgan fingerprint density at radius 1 is 1.11 bits per heavy atom. The van der Waals surface area contributed by atoms with E-state index >= 15 is 0 Å². The van der Waals surface area contributed by atoms with E-state index in [0.717, 1.165) is 36.8 Å². The van der Waals surface area contributed by atoms with Crippen LogP contribution in [0.25, 0.3) is 0 Å². The number of aryl methyl sites for hydroxylation is 1. The highest BCUT2D eigenvalue weighted by Crippen LogP contribution is 2.29. The molecule has 1 heterocycles. The second kappa shape index (κ2) is 8.00. The number of nitrogens with zero attached hydrogens (tertiary/aromatic N) is 1. The first-order valence-corrected chi connectivity index (χ1v) is 11.4. The number of hydrogen-bond donors (Lipinski definition) is 0. The Balaban J connectivity index is 1.69. The maximum atomic E-state index is 12.9. The molecule has 2 fully saturated rings. The molecule has 0 spiro atoms. The van der Waals surface area contributed by atoms with Crippen molar-refractivity contribution in [2.75, 3.05) is 18.1 Å². The Morgan fingerprint density at radius 3 is 2.44 bits per heavy atom. The average Bonchev–Trinajstić information content (AvgIpc) is 3.25. The van der Waals surface area contributed by atoms with Crippen LogP contribution in [-0.4, -0.2) is 55.4 Å². The van der Waals surface area contributed by atoms with Crippen LogP contribution in [0.2, 0.25) is 0 Å². The van der Waals surface area contributed by atoms with Crippen molar-refractivity contribution in [2.24, 2.45) is 0 Å². The minimum atomic E-state index is -3.09.